The van der Waals surface area contributed by atoms with Crippen LogP contribution in [-0.2, 0) is 10.3 Å². The highest BCUT2D eigenvalue weighted by molar-refractivity contribution is 5.69. The fraction of sp³-hybridized carbons (Fsp3) is 0.357. The van der Waals surface area contributed by atoms with Crippen molar-refractivity contribution >= 4 is 6.09 Å². The van der Waals surface area contributed by atoms with Crippen LogP contribution >= 0.6 is 0 Å². The number of benzene rings is 2. The topological polar surface area (TPSA) is 62.7 Å². The lowest BCUT2D eigenvalue weighted by Gasteiger charge is -2.35. The minimum absolute atomic E-state index is 0.234. The van der Waals surface area contributed by atoms with Crippen molar-refractivity contribution in [1.82, 2.24) is 9.88 Å². The summed E-state index contributed by atoms with van der Waals surface area (Å²) in [6.07, 6.45) is 2.88. The first-order valence-corrected chi connectivity index (χ1v) is 11.6. The quantitative estimate of drug-likeness (QED) is 0.457. The minimum atomic E-state index is -1.08. The number of hydrogen-bond acceptors (Lipinski definition) is 4. The Bertz CT molecular complexity index is 1160. The van der Waals surface area contributed by atoms with Gasteiger partial charge in [-0.05, 0) is 80.1 Å². The number of aryl methyl sites for hydroxylation is 1. The van der Waals surface area contributed by atoms with Gasteiger partial charge in [-0.2, -0.15) is 0 Å². The molecule has 0 bridgehead atoms. The van der Waals surface area contributed by atoms with Gasteiger partial charge in [-0.25, -0.2) is 9.18 Å². The Morgan fingerprint density at radius 2 is 1.79 bits per heavy atom. The van der Waals surface area contributed by atoms with Crippen molar-refractivity contribution in [3.63, 3.8) is 0 Å². The van der Waals surface area contributed by atoms with E-state index in [1.54, 1.807) is 37.2 Å². The van der Waals surface area contributed by atoms with Crippen LogP contribution < -0.4 is 0 Å². The Hall–Kier alpha value is -3.25. The molecule has 1 amide bonds. The second-order valence-electron chi connectivity index (χ2n) is 9.60. The van der Waals surface area contributed by atoms with Gasteiger partial charge in [0, 0.05) is 25.4 Å². The summed E-state index contributed by atoms with van der Waals surface area (Å²) in [5.74, 6) is -0.362. The standard InChI is InChI=1S/C28H31FN2O3/c1-19-17-23(13-16-30-19)22-7-5-21(6-8-22)20(2)31(4)26(32)34-27(3,18-28(33)14-15-28)24-9-11-25(29)12-10-24/h5-13,16-17,20,33H,14-15,18H2,1-4H3/t20-,27-/m0/s1. The molecule has 0 radical (unpaired) electrons. The molecule has 2 atom stereocenters. The van der Waals surface area contributed by atoms with E-state index in [1.807, 2.05) is 50.2 Å². The number of ether oxygens (including phenoxy) is 1. The highest BCUT2D eigenvalue weighted by Gasteiger charge is 2.49. The Kier molecular flexibility index (Phi) is 6.45. The largest absolute Gasteiger partial charge is 0.438 e. The van der Waals surface area contributed by atoms with Gasteiger partial charge in [0.25, 0.3) is 0 Å². The van der Waals surface area contributed by atoms with Gasteiger partial charge >= 0.3 is 6.09 Å². The van der Waals surface area contributed by atoms with Gasteiger partial charge in [-0.15, -0.1) is 0 Å². The molecule has 1 aliphatic carbocycles. The van der Waals surface area contributed by atoms with E-state index in [2.05, 4.69) is 4.98 Å². The van der Waals surface area contributed by atoms with Gasteiger partial charge in [0.2, 0.25) is 0 Å². The lowest BCUT2D eigenvalue weighted by molar-refractivity contribution is -0.0403. The summed E-state index contributed by atoms with van der Waals surface area (Å²) in [4.78, 5) is 19.0. The lowest BCUT2D eigenvalue weighted by atomic mass is 9.88. The summed E-state index contributed by atoms with van der Waals surface area (Å²) < 4.78 is 19.5. The van der Waals surface area contributed by atoms with E-state index in [0.717, 1.165) is 22.4 Å². The summed E-state index contributed by atoms with van der Waals surface area (Å²) in [6.45, 7) is 5.68. The van der Waals surface area contributed by atoms with Crippen LogP contribution in [0.4, 0.5) is 9.18 Å². The van der Waals surface area contributed by atoms with Crippen LogP contribution in [0, 0.1) is 12.7 Å². The number of nitrogens with zero attached hydrogens (tertiary/aromatic N) is 2. The van der Waals surface area contributed by atoms with Crippen molar-refractivity contribution in [3.05, 3.63) is 89.5 Å². The zero-order valence-electron chi connectivity index (χ0n) is 20.1. The molecule has 1 heterocycles. The van der Waals surface area contributed by atoms with Crippen LogP contribution in [0.2, 0.25) is 0 Å². The van der Waals surface area contributed by atoms with Crippen LogP contribution in [0.25, 0.3) is 11.1 Å². The molecule has 1 aliphatic rings. The molecule has 4 rings (SSSR count). The number of pyridine rings is 1. The van der Waals surface area contributed by atoms with Gasteiger partial charge in [0.05, 0.1) is 11.6 Å². The second kappa shape index (κ2) is 9.18. The first kappa shape index (κ1) is 23.9. The molecule has 0 aliphatic heterocycles. The predicted octanol–water partition coefficient (Wildman–Crippen LogP) is 6.16. The highest BCUT2D eigenvalue weighted by Crippen LogP contribution is 2.46. The highest BCUT2D eigenvalue weighted by atomic mass is 19.1. The maximum atomic E-state index is 13.5. The van der Waals surface area contributed by atoms with Gasteiger partial charge in [0.15, 0.2) is 0 Å². The summed E-state index contributed by atoms with van der Waals surface area (Å²) in [5, 5.41) is 10.6. The third-order valence-corrected chi connectivity index (χ3v) is 6.75. The average molecular weight is 463 g/mol. The molecule has 0 unspecified atom stereocenters. The zero-order valence-corrected chi connectivity index (χ0v) is 20.1. The van der Waals surface area contributed by atoms with E-state index in [-0.39, 0.29) is 18.3 Å². The fourth-order valence-corrected chi connectivity index (χ4v) is 4.27. The summed E-state index contributed by atoms with van der Waals surface area (Å²) in [5.41, 5.74) is 2.82. The normalized spacial score (nSPS) is 16.9. The fourth-order valence-electron chi connectivity index (χ4n) is 4.27. The number of rotatable bonds is 7. The van der Waals surface area contributed by atoms with Gasteiger partial charge in [-0.3, -0.25) is 4.98 Å². The number of hydrogen-bond donors (Lipinski definition) is 1. The SMILES string of the molecule is Cc1cc(-c2ccc([C@H](C)N(C)C(=O)O[C@@](C)(CC3(O)CC3)c3ccc(F)cc3)cc2)ccn1. The Morgan fingerprint density at radius 3 is 2.38 bits per heavy atom. The number of aromatic nitrogens is 1. The van der Waals surface area contributed by atoms with Gasteiger partial charge < -0.3 is 14.7 Å². The molecule has 1 saturated carbocycles. The first-order chi connectivity index (χ1) is 16.1. The van der Waals surface area contributed by atoms with E-state index in [9.17, 15) is 14.3 Å². The van der Waals surface area contributed by atoms with Crippen LogP contribution in [-0.4, -0.2) is 33.7 Å². The molecule has 1 aromatic heterocycles. The maximum absolute atomic E-state index is 13.5. The Labute approximate surface area is 200 Å². The number of carbonyl (C=O) groups is 1. The van der Waals surface area contributed by atoms with Crippen molar-refractivity contribution < 1.29 is 19.0 Å². The summed E-state index contributed by atoms with van der Waals surface area (Å²) >= 11 is 0. The molecule has 2 aromatic carbocycles. The molecule has 34 heavy (non-hydrogen) atoms. The molecular weight excluding hydrogens is 431 g/mol. The van der Waals surface area contributed by atoms with Crippen molar-refractivity contribution in [2.75, 3.05) is 7.05 Å². The van der Waals surface area contributed by atoms with Crippen molar-refractivity contribution in [1.29, 1.82) is 0 Å². The maximum Gasteiger partial charge on any atom is 0.410 e. The van der Waals surface area contributed by atoms with Gasteiger partial charge in [-0.1, -0.05) is 36.4 Å². The monoisotopic (exact) mass is 462 g/mol. The smallest absolute Gasteiger partial charge is 0.410 e. The molecular formula is C28H31FN2O3. The minimum Gasteiger partial charge on any atom is -0.438 e. The summed E-state index contributed by atoms with van der Waals surface area (Å²) in [6, 6.07) is 17.8. The second-order valence-corrected chi connectivity index (χ2v) is 9.60. The van der Waals surface area contributed by atoms with E-state index >= 15 is 0 Å². The Balaban J connectivity index is 1.50. The van der Waals surface area contributed by atoms with Crippen molar-refractivity contribution in [2.45, 2.75) is 57.3 Å². The average Bonchev–Trinajstić information content (AvgIpc) is 3.54. The van der Waals surface area contributed by atoms with Crippen molar-refractivity contribution in [3.8, 4) is 11.1 Å². The van der Waals surface area contributed by atoms with E-state index in [1.165, 1.54) is 12.1 Å². The third kappa shape index (κ3) is 5.28. The van der Waals surface area contributed by atoms with Crippen LogP contribution in [0.3, 0.4) is 0 Å². The van der Waals surface area contributed by atoms with E-state index < -0.39 is 17.3 Å². The lowest BCUT2D eigenvalue weighted by Crippen LogP contribution is -2.39. The molecule has 0 saturated heterocycles. The third-order valence-electron chi connectivity index (χ3n) is 6.75. The number of aliphatic hydroxyl groups is 1. The molecule has 0 spiro atoms. The Morgan fingerprint density at radius 1 is 1.15 bits per heavy atom. The predicted molar refractivity (Wildman–Crippen MR) is 130 cm³/mol. The first-order valence-electron chi connectivity index (χ1n) is 11.6. The number of carbonyl (C=O) groups excluding carboxylic acids is 1. The molecule has 1 N–H and O–H groups in total. The number of halogens is 1. The zero-order chi connectivity index (χ0) is 24.5. The van der Waals surface area contributed by atoms with Crippen LogP contribution in [0.1, 0.15) is 56.0 Å². The molecule has 3 aromatic rings. The van der Waals surface area contributed by atoms with Gasteiger partial charge in [0.1, 0.15) is 11.4 Å². The van der Waals surface area contributed by atoms with Crippen molar-refractivity contribution in [2.24, 2.45) is 0 Å². The molecule has 1 fully saturated rings. The van der Waals surface area contributed by atoms with Crippen LogP contribution in [0.5, 0.6) is 0 Å². The summed E-state index contributed by atoms with van der Waals surface area (Å²) in [7, 11) is 1.70. The number of amides is 1. The molecule has 6 heteroatoms. The molecule has 178 valence electrons. The molecule has 5 nitrogen and oxygen atoms in total. The van der Waals surface area contributed by atoms with Crippen LogP contribution in [0.15, 0.2) is 66.9 Å². The van der Waals surface area contributed by atoms with E-state index in [4.69, 9.17) is 4.74 Å². The van der Waals surface area contributed by atoms with E-state index in [0.29, 0.717) is 18.4 Å².